The topological polar surface area (TPSA) is 102 Å². The molecule has 2 aromatic rings. The highest BCUT2D eigenvalue weighted by atomic mass is 16.6. The Morgan fingerprint density at radius 3 is 2.67 bits per heavy atom. The van der Waals surface area contributed by atoms with Crippen LogP contribution < -0.4 is 10.5 Å². The fourth-order valence-corrected chi connectivity index (χ4v) is 1.85. The zero-order valence-corrected chi connectivity index (χ0v) is 11.4. The van der Waals surface area contributed by atoms with Gasteiger partial charge in [0.25, 0.3) is 0 Å². The van der Waals surface area contributed by atoms with Crippen molar-refractivity contribution in [2.75, 3.05) is 0 Å². The number of hydrogen-bond donors (Lipinski definition) is 1. The van der Waals surface area contributed by atoms with E-state index in [0.29, 0.717) is 6.54 Å². The van der Waals surface area contributed by atoms with Gasteiger partial charge in [0.2, 0.25) is 5.75 Å². The molecule has 6 heteroatoms. The van der Waals surface area contributed by atoms with E-state index in [2.05, 4.69) is 0 Å². The van der Waals surface area contributed by atoms with Crippen molar-refractivity contribution in [2.45, 2.75) is 13.5 Å². The number of nitrogens with two attached hydrogens (primary N) is 1. The second-order valence-electron chi connectivity index (χ2n) is 4.48. The predicted octanol–water partition coefficient (Wildman–Crippen LogP) is 3.03. The lowest BCUT2D eigenvalue weighted by atomic mass is 10.1. The first-order valence-electron chi connectivity index (χ1n) is 6.21. The second kappa shape index (κ2) is 6.03. The van der Waals surface area contributed by atoms with Gasteiger partial charge >= 0.3 is 5.69 Å². The lowest BCUT2D eigenvalue weighted by Crippen LogP contribution is -1.99. The Hall–Kier alpha value is -2.91. The van der Waals surface area contributed by atoms with E-state index in [0.717, 1.165) is 11.1 Å². The number of ether oxygens (including phenoxy) is 1. The summed E-state index contributed by atoms with van der Waals surface area (Å²) in [5.74, 6) is 0.375. The number of benzene rings is 2. The smallest absolute Gasteiger partial charge is 0.311 e. The van der Waals surface area contributed by atoms with Crippen LogP contribution in [0.5, 0.6) is 11.5 Å². The van der Waals surface area contributed by atoms with E-state index in [4.69, 9.17) is 15.7 Å². The SMILES string of the molecule is Cc1ccc([N+](=O)[O-])c(Oc2ccc(CN)cc2C#N)c1. The minimum atomic E-state index is -0.519. The summed E-state index contributed by atoms with van der Waals surface area (Å²) < 4.78 is 5.57. The molecule has 0 atom stereocenters. The molecule has 2 N–H and O–H groups in total. The van der Waals surface area contributed by atoms with Gasteiger partial charge in [0, 0.05) is 12.6 Å². The molecule has 2 rings (SSSR count). The van der Waals surface area contributed by atoms with Crippen molar-refractivity contribution in [3.05, 3.63) is 63.2 Å². The molecule has 0 spiro atoms. The highest BCUT2D eigenvalue weighted by molar-refractivity contribution is 5.53. The molecule has 0 aliphatic rings. The van der Waals surface area contributed by atoms with Crippen LogP contribution in [-0.4, -0.2) is 4.92 Å². The Morgan fingerprint density at radius 1 is 1.29 bits per heavy atom. The Labute approximate surface area is 121 Å². The van der Waals surface area contributed by atoms with Crippen LogP contribution >= 0.6 is 0 Å². The molecule has 0 unspecified atom stereocenters. The number of nitrogens with zero attached hydrogens (tertiary/aromatic N) is 2. The largest absolute Gasteiger partial charge is 0.449 e. The number of nitro benzene ring substituents is 1. The van der Waals surface area contributed by atoms with Gasteiger partial charge in [-0.2, -0.15) is 5.26 Å². The van der Waals surface area contributed by atoms with E-state index in [9.17, 15) is 10.1 Å². The molecular formula is C15H13N3O3. The van der Waals surface area contributed by atoms with Crippen LogP contribution in [0.3, 0.4) is 0 Å². The van der Waals surface area contributed by atoms with Crippen LogP contribution in [0.25, 0.3) is 0 Å². The maximum Gasteiger partial charge on any atom is 0.311 e. The number of nitro groups is 1. The minimum absolute atomic E-state index is 0.108. The molecule has 0 aliphatic carbocycles. The summed E-state index contributed by atoms with van der Waals surface area (Å²) in [6, 6.07) is 11.5. The van der Waals surface area contributed by atoms with Crippen molar-refractivity contribution >= 4 is 5.69 Å². The molecule has 0 heterocycles. The summed E-state index contributed by atoms with van der Waals surface area (Å²) in [4.78, 5) is 10.5. The number of aryl methyl sites for hydroxylation is 1. The summed E-state index contributed by atoms with van der Waals surface area (Å²) in [5, 5.41) is 20.2. The molecule has 2 aromatic carbocycles. The van der Waals surface area contributed by atoms with Crippen LogP contribution in [0.1, 0.15) is 16.7 Å². The van der Waals surface area contributed by atoms with Crippen LogP contribution in [0.15, 0.2) is 36.4 Å². The number of hydrogen-bond acceptors (Lipinski definition) is 5. The van der Waals surface area contributed by atoms with E-state index >= 15 is 0 Å². The number of nitriles is 1. The summed E-state index contributed by atoms with van der Waals surface area (Å²) in [6.45, 7) is 2.11. The van der Waals surface area contributed by atoms with E-state index in [1.165, 1.54) is 6.07 Å². The molecule has 106 valence electrons. The van der Waals surface area contributed by atoms with Gasteiger partial charge in [0.1, 0.15) is 11.8 Å². The van der Waals surface area contributed by atoms with Gasteiger partial charge in [0.15, 0.2) is 0 Å². The van der Waals surface area contributed by atoms with E-state index in [-0.39, 0.29) is 22.7 Å². The van der Waals surface area contributed by atoms with E-state index in [1.807, 2.05) is 6.07 Å². The summed E-state index contributed by atoms with van der Waals surface area (Å²) in [5.41, 5.74) is 7.28. The zero-order valence-electron chi connectivity index (χ0n) is 11.4. The lowest BCUT2D eigenvalue weighted by Gasteiger charge is -2.09. The van der Waals surface area contributed by atoms with Gasteiger partial charge in [0.05, 0.1) is 10.5 Å². The van der Waals surface area contributed by atoms with Gasteiger partial charge < -0.3 is 10.5 Å². The van der Waals surface area contributed by atoms with Crippen LogP contribution in [0.4, 0.5) is 5.69 Å². The normalized spacial score (nSPS) is 9.95. The monoisotopic (exact) mass is 283 g/mol. The van der Waals surface area contributed by atoms with Crippen LogP contribution in [0.2, 0.25) is 0 Å². The maximum absolute atomic E-state index is 11.0. The Morgan fingerprint density at radius 2 is 2.05 bits per heavy atom. The molecule has 0 fully saturated rings. The third-order valence-corrected chi connectivity index (χ3v) is 2.93. The molecule has 0 radical (unpaired) electrons. The van der Waals surface area contributed by atoms with Gasteiger partial charge in [-0.1, -0.05) is 12.1 Å². The van der Waals surface area contributed by atoms with Gasteiger partial charge in [-0.25, -0.2) is 0 Å². The summed E-state index contributed by atoms with van der Waals surface area (Å²) >= 11 is 0. The molecule has 0 amide bonds. The van der Waals surface area contributed by atoms with Gasteiger partial charge in [-0.3, -0.25) is 10.1 Å². The fraction of sp³-hybridized carbons (Fsp3) is 0.133. The van der Waals surface area contributed by atoms with Gasteiger partial charge in [-0.15, -0.1) is 0 Å². The van der Waals surface area contributed by atoms with E-state index in [1.54, 1.807) is 37.3 Å². The van der Waals surface area contributed by atoms with Crippen molar-refractivity contribution in [1.29, 1.82) is 5.26 Å². The molecule has 0 aromatic heterocycles. The Bertz CT molecular complexity index is 735. The number of rotatable bonds is 4. The molecule has 21 heavy (non-hydrogen) atoms. The molecule has 6 nitrogen and oxygen atoms in total. The average molecular weight is 283 g/mol. The highest BCUT2D eigenvalue weighted by Crippen LogP contribution is 2.33. The van der Waals surface area contributed by atoms with Gasteiger partial charge in [-0.05, 0) is 36.2 Å². The highest BCUT2D eigenvalue weighted by Gasteiger charge is 2.17. The third-order valence-electron chi connectivity index (χ3n) is 2.93. The quantitative estimate of drug-likeness (QED) is 0.686. The molecule has 0 saturated carbocycles. The Kier molecular flexibility index (Phi) is 4.16. The molecule has 0 saturated heterocycles. The second-order valence-corrected chi connectivity index (χ2v) is 4.48. The van der Waals surface area contributed by atoms with Crippen molar-refractivity contribution in [3.63, 3.8) is 0 Å². The first kappa shape index (κ1) is 14.5. The maximum atomic E-state index is 11.0. The van der Waals surface area contributed by atoms with E-state index < -0.39 is 4.92 Å². The molecular weight excluding hydrogens is 270 g/mol. The van der Waals surface area contributed by atoms with Crippen molar-refractivity contribution in [2.24, 2.45) is 5.73 Å². The van der Waals surface area contributed by atoms with Crippen molar-refractivity contribution in [3.8, 4) is 17.6 Å². The lowest BCUT2D eigenvalue weighted by molar-refractivity contribution is -0.385. The minimum Gasteiger partial charge on any atom is -0.449 e. The predicted molar refractivity (Wildman–Crippen MR) is 77.0 cm³/mol. The van der Waals surface area contributed by atoms with Crippen molar-refractivity contribution < 1.29 is 9.66 Å². The Balaban J connectivity index is 2.45. The summed E-state index contributed by atoms with van der Waals surface area (Å²) in [6.07, 6.45) is 0. The average Bonchev–Trinajstić information content (AvgIpc) is 2.47. The zero-order chi connectivity index (χ0) is 15.4. The summed E-state index contributed by atoms with van der Waals surface area (Å²) in [7, 11) is 0. The van der Waals surface area contributed by atoms with Crippen LogP contribution in [-0.2, 0) is 6.54 Å². The first-order chi connectivity index (χ1) is 10.0. The van der Waals surface area contributed by atoms with Crippen LogP contribution in [0, 0.1) is 28.4 Å². The third kappa shape index (κ3) is 3.16. The van der Waals surface area contributed by atoms with Crippen molar-refractivity contribution in [1.82, 2.24) is 0 Å². The molecule has 0 bridgehead atoms. The first-order valence-corrected chi connectivity index (χ1v) is 6.21. The fourth-order valence-electron chi connectivity index (χ4n) is 1.85. The molecule has 0 aliphatic heterocycles. The standard InChI is InChI=1S/C15H13N3O3/c1-10-2-4-13(18(19)20)15(6-10)21-14-5-3-11(8-16)7-12(14)9-17/h2-7H,8,16H2,1H3.